The maximum atomic E-state index is 8.47. The van der Waals surface area contributed by atoms with Gasteiger partial charge in [0.05, 0.1) is 20.8 Å². The highest BCUT2D eigenvalue weighted by Gasteiger charge is 2.30. The van der Waals surface area contributed by atoms with E-state index in [0.29, 0.717) is 6.42 Å². The maximum absolute atomic E-state index is 8.47. The van der Waals surface area contributed by atoms with Crippen LogP contribution < -0.4 is 0 Å². The smallest absolute Gasteiger partial charge is 0.0621 e. The van der Waals surface area contributed by atoms with Gasteiger partial charge >= 0.3 is 0 Å². The minimum absolute atomic E-state index is 0.0982. The zero-order valence-corrected chi connectivity index (χ0v) is 9.93. The Balaban J connectivity index is 2.34. The molecule has 1 rings (SSSR count). The van der Waals surface area contributed by atoms with E-state index in [2.05, 4.69) is 12.6 Å². The van der Waals surface area contributed by atoms with Crippen molar-refractivity contribution in [1.82, 2.24) is 0 Å². The van der Waals surface area contributed by atoms with Crippen molar-refractivity contribution in [3.63, 3.8) is 0 Å². The highest BCUT2D eigenvalue weighted by Crippen LogP contribution is 2.28. The summed E-state index contributed by atoms with van der Waals surface area (Å²) in [6.07, 6.45) is 6.66. The van der Waals surface area contributed by atoms with E-state index in [-0.39, 0.29) is 14.7 Å². The van der Waals surface area contributed by atoms with Crippen LogP contribution in [0, 0.1) is 11.3 Å². The molecule has 0 spiro atoms. The SMILES string of the molecule is C[SiH2]C1(CCCC#N)CCCCO1. The summed E-state index contributed by atoms with van der Waals surface area (Å²) >= 11 is 0. The van der Waals surface area contributed by atoms with Crippen LogP contribution in [0.3, 0.4) is 0 Å². The van der Waals surface area contributed by atoms with Gasteiger partial charge in [0.1, 0.15) is 0 Å². The standard InChI is InChI=1S/C10H19NOSi/c1-13-10(6-2-4-8-11)7-3-5-9-12-10/h2-7,9,13H2,1H3. The van der Waals surface area contributed by atoms with E-state index < -0.39 is 0 Å². The molecule has 0 amide bonds. The number of nitrogens with zero attached hydrogens (tertiary/aromatic N) is 1. The Labute approximate surface area is 83.1 Å². The highest BCUT2D eigenvalue weighted by molar-refractivity contribution is 6.37. The molecule has 1 aliphatic rings. The van der Waals surface area contributed by atoms with Crippen LogP contribution in [0.5, 0.6) is 0 Å². The number of unbranched alkanes of at least 4 members (excludes halogenated alkanes) is 1. The van der Waals surface area contributed by atoms with Crippen molar-refractivity contribution in [2.24, 2.45) is 0 Å². The molecule has 0 aromatic rings. The number of ether oxygens (including phenoxy) is 1. The minimum atomic E-state index is -0.0982. The van der Waals surface area contributed by atoms with Crippen molar-refractivity contribution in [3.05, 3.63) is 0 Å². The molecule has 0 N–H and O–H groups in total. The van der Waals surface area contributed by atoms with E-state index in [1.807, 2.05) is 0 Å². The topological polar surface area (TPSA) is 33.0 Å². The van der Waals surface area contributed by atoms with Crippen molar-refractivity contribution in [3.8, 4) is 6.07 Å². The van der Waals surface area contributed by atoms with Crippen molar-refractivity contribution >= 4 is 9.52 Å². The van der Waals surface area contributed by atoms with E-state index in [9.17, 15) is 0 Å². The molecule has 1 atom stereocenters. The van der Waals surface area contributed by atoms with E-state index in [4.69, 9.17) is 10.00 Å². The summed E-state index contributed by atoms with van der Waals surface area (Å²) in [6, 6.07) is 2.21. The van der Waals surface area contributed by atoms with Gasteiger partial charge in [-0.15, -0.1) is 0 Å². The Bertz CT molecular complexity index is 182. The average molecular weight is 197 g/mol. The van der Waals surface area contributed by atoms with Gasteiger partial charge in [0.25, 0.3) is 0 Å². The van der Waals surface area contributed by atoms with Crippen LogP contribution in [0.2, 0.25) is 6.55 Å². The van der Waals surface area contributed by atoms with Crippen molar-refractivity contribution in [2.75, 3.05) is 6.61 Å². The predicted octanol–water partition coefficient (Wildman–Crippen LogP) is 1.79. The second-order valence-corrected chi connectivity index (χ2v) is 5.85. The molecule has 1 unspecified atom stereocenters. The first-order valence-electron chi connectivity index (χ1n) is 5.34. The quantitative estimate of drug-likeness (QED) is 0.508. The normalized spacial score (nSPS) is 29.2. The first-order chi connectivity index (χ1) is 6.33. The maximum Gasteiger partial charge on any atom is 0.0621 e. The molecule has 3 heteroatoms. The van der Waals surface area contributed by atoms with Gasteiger partial charge in [-0.25, -0.2) is 0 Å². The molecule has 74 valence electrons. The molecule has 0 aliphatic carbocycles. The highest BCUT2D eigenvalue weighted by atomic mass is 28.2. The van der Waals surface area contributed by atoms with Crippen LogP contribution in [0.4, 0.5) is 0 Å². The fourth-order valence-corrected chi connectivity index (χ4v) is 3.61. The largest absolute Gasteiger partial charge is 0.379 e. The number of nitriles is 1. The molecular weight excluding hydrogens is 178 g/mol. The van der Waals surface area contributed by atoms with Crippen LogP contribution in [0.25, 0.3) is 0 Å². The fourth-order valence-electron chi connectivity index (χ4n) is 2.05. The third-order valence-corrected chi connectivity index (χ3v) is 5.20. The molecule has 0 saturated carbocycles. The van der Waals surface area contributed by atoms with Crippen molar-refractivity contribution < 1.29 is 4.74 Å². The van der Waals surface area contributed by atoms with E-state index in [1.54, 1.807) is 0 Å². The molecule has 0 bridgehead atoms. The molecule has 0 aromatic heterocycles. The third-order valence-electron chi connectivity index (χ3n) is 3.00. The Hall–Kier alpha value is -0.333. The van der Waals surface area contributed by atoms with E-state index in [1.165, 1.54) is 19.3 Å². The van der Waals surface area contributed by atoms with E-state index >= 15 is 0 Å². The zero-order chi connectivity index (χ0) is 9.57. The second kappa shape index (κ2) is 5.41. The summed E-state index contributed by atoms with van der Waals surface area (Å²) < 4.78 is 5.91. The van der Waals surface area contributed by atoms with Crippen LogP contribution in [0.1, 0.15) is 38.5 Å². The molecule has 1 aliphatic heterocycles. The summed E-state index contributed by atoms with van der Waals surface area (Å²) in [6.45, 7) is 3.28. The van der Waals surface area contributed by atoms with Crippen LogP contribution in [0.15, 0.2) is 0 Å². The van der Waals surface area contributed by atoms with Gasteiger partial charge in [-0.1, -0.05) is 6.55 Å². The second-order valence-electron chi connectivity index (χ2n) is 3.85. The van der Waals surface area contributed by atoms with Gasteiger partial charge in [0.2, 0.25) is 0 Å². The fraction of sp³-hybridized carbons (Fsp3) is 0.900. The van der Waals surface area contributed by atoms with Gasteiger partial charge < -0.3 is 4.74 Å². The summed E-state index contributed by atoms with van der Waals surface area (Å²) in [7, 11) is -0.0982. The predicted molar refractivity (Wildman–Crippen MR) is 56.4 cm³/mol. The van der Waals surface area contributed by atoms with Gasteiger partial charge in [0.15, 0.2) is 0 Å². The molecule has 0 radical (unpaired) electrons. The average Bonchev–Trinajstić information content (AvgIpc) is 2.20. The van der Waals surface area contributed by atoms with E-state index in [0.717, 1.165) is 19.4 Å². The molecule has 1 fully saturated rings. The number of hydrogen-bond acceptors (Lipinski definition) is 2. The monoisotopic (exact) mass is 197 g/mol. The first kappa shape index (κ1) is 10.7. The van der Waals surface area contributed by atoms with Crippen LogP contribution in [-0.4, -0.2) is 21.4 Å². The Morgan fingerprint density at radius 2 is 2.38 bits per heavy atom. The third kappa shape index (κ3) is 3.13. The zero-order valence-electron chi connectivity index (χ0n) is 8.51. The molecule has 13 heavy (non-hydrogen) atoms. The summed E-state index contributed by atoms with van der Waals surface area (Å²) in [5.74, 6) is 0. The van der Waals surface area contributed by atoms with Crippen LogP contribution >= 0.6 is 0 Å². The molecular formula is C10H19NOSi. The van der Waals surface area contributed by atoms with Gasteiger partial charge in [-0.3, -0.25) is 0 Å². The lowest BCUT2D eigenvalue weighted by atomic mass is 10.0. The van der Waals surface area contributed by atoms with Gasteiger partial charge in [0, 0.05) is 13.0 Å². The Morgan fingerprint density at radius 1 is 1.54 bits per heavy atom. The van der Waals surface area contributed by atoms with Crippen LogP contribution in [-0.2, 0) is 4.74 Å². The summed E-state index contributed by atoms with van der Waals surface area (Å²) in [5.41, 5.74) is 0. The summed E-state index contributed by atoms with van der Waals surface area (Å²) in [4.78, 5) is 0. The summed E-state index contributed by atoms with van der Waals surface area (Å²) in [5, 5.41) is 8.73. The lowest BCUT2D eigenvalue weighted by Crippen LogP contribution is -2.41. The minimum Gasteiger partial charge on any atom is -0.379 e. The lowest BCUT2D eigenvalue weighted by Gasteiger charge is -2.36. The number of hydrogen-bond donors (Lipinski definition) is 0. The molecule has 2 nitrogen and oxygen atoms in total. The Morgan fingerprint density at radius 3 is 2.92 bits per heavy atom. The van der Waals surface area contributed by atoms with Crippen molar-refractivity contribution in [2.45, 2.75) is 50.3 Å². The lowest BCUT2D eigenvalue weighted by molar-refractivity contribution is -0.0258. The van der Waals surface area contributed by atoms with Crippen molar-refractivity contribution in [1.29, 1.82) is 5.26 Å². The molecule has 0 aromatic carbocycles. The van der Waals surface area contributed by atoms with Gasteiger partial charge in [-0.2, -0.15) is 5.26 Å². The number of rotatable bonds is 4. The first-order valence-corrected chi connectivity index (χ1v) is 7.46. The molecule has 1 heterocycles. The Kier molecular flexibility index (Phi) is 4.47. The molecule has 1 saturated heterocycles. The van der Waals surface area contributed by atoms with Gasteiger partial charge in [-0.05, 0) is 32.1 Å².